The van der Waals surface area contributed by atoms with E-state index in [1.807, 2.05) is 30.4 Å². The highest BCUT2D eigenvalue weighted by molar-refractivity contribution is 7.91. The van der Waals surface area contributed by atoms with Crippen LogP contribution in [-0.2, 0) is 42.2 Å². The van der Waals surface area contributed by atoms with Crippen LogP contribution in [0, 0.1) is 5.92 Å². The Hall–Kier alpha value is -4.54. The number of hydrogen-bond acceptors (Lipinski definition) is 8. The number of ether oxygens (including phenoxy) is 1. The zero-order valence-corrected chi connectivity index (χ0v) is 28.3. The number of sulfonamides is 1. The van der Waals surface area contributed by atoms with Crippen molar-refractivity contribution in [3.63, 3.8) is 0 Å². The number of halogens is 2. The van der Waals surface area contributed by atoms with E-state index < -0.39 is 87.6 Å². The Bertz CT molecular complexity index is 1740. The minimum Gasteiger partial charge on any atom is -0.444 e. The van der Waals surface area contributed by atoms with Crippen LogP contribution >= 0.6 is 0 Å². The second-order valence-corrected chi connectivity index (χ2v) is 15.5. The Labute approximate surface area is 288 Å². The quantitative estimate of drug-likeness (QED) is 0.342. The van der Waals surface area contributed by atoms with Crippen molar-refractivity contribution >= 4 is 45.9 Å². The summed E-state index contributed by atoms with van der Waals surface area (Å²) in [5, 5.41) is 4.27. The fourth-order valence-corrected chi connectivity index (χ4v) is 8.15. The van der Waals surface area contributed by atoms with E-state index in [4.69, 9.17) is 4.74 Å². The van der Waals surface area contributed by atoms with Crippen LogP contribution in [0.2, 0.25) is 0 Å². The summed E-state index contributed by atoms with van der Waals surface area (Å²) in [6.07, 6.45) is 0.339. The van der Waals surface area contributed by atoms with Crippen molar-refractivity contribution in [3.05, 3.63) is 53.6 Å². The minimum absolute atomic E-state index is 0.0378. The highest BCUT2D eigenvalue weighted by Crippen LogP contribution is 2.45. The molecule has 3 aliphatic heterocycles. The summed E-state index contributed by atoms with van der Waals surface area (Å²) in [7, 11) is -2.50. The van der Waals surface area contributed by atoms with Gasteiger partial charge in [0, 0.05) is 38.9 Å². The molecule has 270 valence electrons. The van der Waals surface area contributed by atoms with Gasteiger partial charge in [-0.05, 0) is 42.4 Å². The van der Waals surface area contributed by atoms with E-state index >= 15 is 0 Å². The number of carbonyl (C=O) groups excluding carboxylic acids is 5. The Morgan fingerprint density at radius 3 is 2.64 bits per heavy atom. The van der Waals surface area contributed by atoms with Crippen LogP contribution in [-0.4, -0.2) is 109 Å². The molecule has 1 aromatic carbocycles. The number of nitrogens with zero attached hydrogens (tertiary/aromatic N) is 3. The highest BCUT2D eigenvalue weighted by Gasteiger charge is 2.62. The molecule has 4 bridgehead atoms. The molecule has 14 nitrogen and oxygen atoms in total. The molecule has 1 saturated heterocycles. The molecule has 3 fully saturated rings. The van der Waals surface area contributed by atoms with Gasteiger partial charge in [0.25, 0.3) is 5.91 Å². The zero-order chi connectivity index (χ0) is 36.0. The molecule has 6 amide bonds. The van der Waals surface area contributed by atoms with Crippen molar-refractivity contribution in [1.82, 2.24) is 30.1 Å². The number of urea groups is 1. The lowest BCUT2D eigenvalue weighted by Gasteiger charge is -2.30. The van der Waals surface area contributed by atoms with E-state index in [9.17, 15) is 41.2 Å². The van der Waals surface area contributed by atoms with Crippen LogP contribution in [0.3, 0.4) is 0 Å². The molecule has 0 radical (unpaired) electrons. The van der Waals surface area contributed by atoms with E-state index in [-0.39, 0.29) is 39.0 Å². The highest BCUT2D eigenvalue weighted by atomic mass is 32.2. The van der Waals surface area contributed by atoms with Gasteiger partial charge in [0.15, 0.2) is 0 Å². The fraction of sp³-hybridized carbons (Fsp3) is 0.545. The number of fused-ring (bicyclic) bond motifs is 3. The van der Waals surface area contributed by atoms with Crippen LogP contribution in [0.4, 0.5) is 18.4 Å². The number of amides is 6. The summed E-state index contributed by atoms with van der Waals surface area (Å²) in [5.74, 6) is -3.46. The zero-order valence-electron chi connectivity index (χ0n) is 27.5. The molecular formula is C33H40F2N6O8S. The third-order valence-electron chi connectivity index (χ3n) is 9.93. The molecule has 1 aromatic rings. The van der Waals surface area contributed by atoms with Crippen LogP contribution in [0.5, 0.6) is 0 Å². The molecule has 0 aromatic heterocycles. The van der Waals surface area contributed by atoms with Gasteiger partial charge in [0.1, 0.15) is 23.7 Å². The van der Waals surface area contributed by atoms with Crippen molar-refractivity contribution in [2.24, 2.45) is 5.92 Å². The van der Waals surface area contributed by atoms with Crippen molar-refractivity contribution in [3.8, 4) is 0 Å². The topological polar surface area (TPSA) is 175 Å². The molecule has 17 heteroatoms. The summed E-state index contributed by atoms with van der Waals surface area (Å²) in [5.41, 5.74) is 1.06. The first-order chi connectivity index (χ1) is 23.7. The average molecular weight is 719 g/mol. The molecule has 5 aliphatic rings. The van der Waals surface area contributed by atoms with Crippen LogP contribution in [0.25, 0.3) is 6.08 Å². The van der Waals surface area contributed by atoms with Gasteiger partial charge >= 0.3 is 12.1 Å². The van der Waals surface area contributed by atoms with Gasteiger partial charge in [-0.25, -0.2) is 26.8 Å². The summed E-state index contributed by atoms with van der Waals surface area (Å²) in [6.45, 7) is 4.03. The fourth-order valence-electron chi connectivity index (χ4n) is 6.78. The second kappa shape index (κ2) is 13.6. The number of nitrogens with one attached hydrogen (secondary N) is 3. The van der Waals surface area contributed by atoms with Crippen molar-refractivity contribution < 1.29 is 45.9 Å². The number of benzene rings is 1. The van der Waals surface area contributed by atoms with Gasteiger partial charge in [0.05, 0.1) is 18.3 Å². The Balaban J connectivity index is 1.28. The molecule has 5 atom stereocenters. The monoisotopic (exact) mass is 718 g/mol. The van der Waals surface area contributed by atoms with Gasteiger partial charge in [-0.3, -0.25) is 24.0 Å². The predicted octanol–water partition coefficient (Wildman–Crippen LogP) is 1.86. The van der Waals surface area contributed by atoms with Gasteiger partial charge in [0.2, 0.25) is 28.3 Å². The van der Waals surface area contributed by atoms with E-state index in [2.05, 4.69) is 21.9 Å². The van der Waals surface area contributed by atoms with E-state index in [0.717, 1.165) is 21.6 Å². The van der Waals surface area contributed by atoms with Crippen molar-refractivity contribution in [2.45, 2.75) is 87.0 Å². The largest absolute Gasteiger partial charge is 0.444 e. The number of carbonyl (C=O) groups is 5. The second-order valence-electron chi connectivity index (χ2n) is 13.5. The van der Waals surface area contributed by atoms with Crippen LogP contribution in [0.1, 0.15) is 55.2 Å². The summed E-state index contributed by atoms with van der Waals surface area (Å²) >= 11 is 0. The lowest BCUT2D eigenvalue weighted by atomic mass is 10.0. The number of rotatable bonds is 8. The minimum atomic E-state index is -3.97. The third kappa shape index (κ3) is 7.18. The van der Waals surface area contributed by atoms with Crippen LogP contribution in [0.15, 0.2) is 36.9 Å². The van der Waals surface area contributed by atoms with Crippen LogP contribution < -0.4 is 15.4 Å². The van der Waals surface area contributed by atoms with Crippen molar-refractivity contribution in [2.75, 3.05) is 20.1 Å². The Morgan fingerprint density at radius 2 is 1.96 bits per heavy atom. The normalized spacial score (nSPS) is 29.1. The Kier molecular flexibility index (Phi) is 9.63. The molecule has 3 N–H and O–H groups in total. The molecule has 2 saturated carbocycles. The van der Waals surface area contributed by atoms with E-state index in [1.165, 1.54) is 22.9 Å². The SMILES string of the molecule is C=C[C@@H]1C[C@]1(NC(=O)[C@@H]1C[C@@H]2CN1C(=O)[C@H](CC(F)F)NC(=O)N(C)CC/C=C/c1cccc3c1CN(C3)C(=O)O2)C(=O)NS(=O)(=O)C1CC1. The maximum atomic E-state index is 14.0. The van der Waals surface area contributed by atoms with Gasteiger partial charge < -0.3 is 25.2 Å². The summed E-state index contributed by atoms with van der Waals surface area (Å²) in [4.78, 5) is 71.5. The molecule has 0 spiro atoms. The predicted molar refractivity (Wildman–Crippen MR) is 175 cm³/mol. The first-order valence-electron chi connectivity index (χ1n) is 16.6. The van der Waals surface area contributed by atoms with Crippen molar-refractivity contribution in [1.29, 1.82) is 0 Å². The molecule has 6 rings (SSSR count). The maximum Gasteiger partial charge on any atom is 0.410 e. The smallest absolute Gasteiger partial charge is 0.410 e. The number of alkyl halides is 2. The third-order valence-corrected chi connectivity index (χ3v) is 11.7. The lowest BCUT2D eigenvalue weighted by Crippen LogP contribution is -2.59. The number of hydrogen-bond donors (Lipinski definition) is 3. The first kappa shape index (κ1) is 35.3. The summed E-state index contributed by atoms with van der Waals surface area (Å²) < 4.78 is 60.6. The summed E-state index contributed by atoms with van der Waals surface area (Å²) in [6, 6.07) is 1.73. The molecule has 50 heavy (non-hydrogen) atoms. The van der Waals surface area contributed by atoms with Gasteiger partial charge in [-0.2, -0.15) is 0 Å². The average Bonchev–Trinajstić information content (AvgIpc) is 3.95. The van der Waals surface area contributed by atoms with E-state index in [1.54, 1.807) is 0 Å². The standard InChI is InChI=1S/C33H40F2N6O8S/c1-3-21-15-33(21,30(44)38-50(47,48)23-10-11-23)37-28(42)26-13-22-17-41(26)29(43)25(14-27(34)35)36-31(45)39(2)12-5-4-7-19-8-6-9-20-16-40(18-24(19)20)32(46)49-22/h3-4,6-9,21-23,25-27H,1,5,10-18H2,2H3,(H,36,45)(H,37,42)(H,38,44)/b7-4+/t21-,22-,25+,26+,33-/m1/s1. The molecule has 0 unspecified atom stereocenters. The van der Waals surface area contributed by atoms with Gasteiger partial charge in [-0.1, -0.05) is 36.4 Å². The van der Waals surface area contributed by atoms with E-state index in [0.29, 0.717) is 19.3 Å². The Morgan fingerprint density at radius 1 is 1.20 bits per heavy atom. The lowest BCUT2D eigenvalue weighted by molar-refractivity contribution is -0.141. The van der Waals surface area contributed by atoms with Gasteiger partial charge in [-0.15, -0.1) is 6.58 Å². The molecular weight excluding hydrogens is 678 g/mol. The molecule has 2 aliphatic carbocycles. The molecule has 3 heterocycles. The maximum absolute atomic E-state index is 14.0. The first-order valence-corrected chi connectivity index (χ1v) is 18.1.